The molecule has 0 aliphatic heterocycles. The first-order valence-electron chi connectivity index (χ1n) is 16.2. The number of carbonyl (C=O) groups is 1. The zero-order valence-electron chi connectivity index (χ0n) is 25.7. The molecule has 3 N–H and O–H groups in total. The zero-order chi connectivity index (χ0) is 31.1. The average molecular weight is 611 g/mol. The number of amides is 1. The highest BCUT2D eigenvalue weighted by atomic mass is 19.1. The molecule has 234 valence electrons. The molecule has 2 aromatic carbocycles. The van der Waals surface area contributed by atoms with Crippen LogP contribution in [0.3, 0.4) is 0 Å². The fraction of sp³-hybridized carbons (Fsp3) is 0.472. The maximum Gasteiger partial charge on any atom is 0.252 e. The second-order valence-corrected chi connectivity index (χ2v) is 14.2. The topological polar surface area (TPSA) is 113 Å². The summed E-state index contributed by atoms with van der Waals surface area (Å²) in [6.45, 7) is 4.60. The van der Waals surface area contributed by atoms with Crippen LogP contribution in [-0.4, -0.2) is 49.1 Å². The van der Waals surface area contributed by atoms with Crippen LogP contribution < -0.4 is 5.32 Å². The predicted octanol–water partition coefficient (Wildman–Crippen LogP) is 5.40. The van der Waals surface area contributed by atoms with Crippen LogP contribution in [0.2, 0.25) is 0 Å². The molecule has 3 fully saturated rings. The summed E-state index contributed by atoms with van der Waals surface area (Å²) < 4.78 is 21.3. The molecule has 7 atom stereocenters. The lowest BCUT2D eigenvalue weighted by Gasteiger charge is -2.60. The van der Waals surface area contributed by atoms with E-state index in [1.165, 1.54) is 17.7 Å². The van der Waals surface area contributed by atoms with Crippen LogP contribution in [0.5, 0.6) is 0 Å². The number of fused-ring (bicyclic) bond motifs is 7. The van der Waals surface area contributed by atoms with E-state index in [4.69, 9.17) is 4.42 Å². The Morgan fingerprint density at radius 1 is 1.16 bits per heavy atom. The van der Waals surface area contributed by atoms with E-state index in [-0.39, 0.29) is 34.9 Å². The van der Waals surface area contributed by atoms with Crippen LogP contribution in [0.15, 0.2) is 64.7 Å². The minimum Gasteiger partial charge on any atom is -0.441 e. The monoisotopic (exact) mass is 610 g/mol. The van der Waals surface area contributed by atoms with Crippen molar-refractivity contribution in [2.75, 3.05) is 6.54 Å². The van der Waals surface area contributed by atoms with Crippen molar-refractivity contribution in [3.8, 4) is 5.69 Å². The van der Waals surface area contributed by atoms with Crippen molar-refractivity contribution >= 4 is 23.1 Å². The van der Waals surface area contributed by atoms with Gasteiger partial charge in [-0.1, -0.05) is 31.6 Å². The molecule has 8 rings (SSSR count). The number of hydrogen-bond acceptors (Lipinski definition) is 6. The van der Waals surface area contributed by atoms with Crippen LogP contribution >= 0.6 is 0 Å². The number of rotatable bonds is 5. The smallest absolute Gasteiger partial charge is 0.252 e. The van der Waals surface area contributed by atoms with E-state index in [1.807, 2.05) is 42.1 Å². The Morgan fingerprint density at radius 2 is 1.96 bits per heavy atom. The normalized spacial score (nSPS) is 33.6. The fourth-order valence-corrected chi connectivity index (χ4v) is 9.81. The molecule has 45 heavy (non-hydrogen) atoms. The Kier molecular flexibility index (Phi) is 6.42. The molecule has 2 aromatic heterocycles. The molecule has 8 nitrogen and oxygen atoms in total. The summed E-state index contributed by atoms with van der Waals surface area (Å²) in [6, 6.07) is 13.9. The summed E-state index contributed by atoms with van der Waals surface area (Å²) in [5.74, 6) is 0.234. The van der Waals surface area contributed by atoms with E-state index in [9.17, 15) is 19.4 Å². The largest absolute Gasteiger partial charge is 0.441 e. The maximum absolute atomic E-state index is 13.7. The number of nitrogens with one attached hydrogen (secondary N) is 1. The van der Waals surface area contributed by atoms with Crippen molar-refractivity contribution < 1.29 is 23.8 Å². The lowest BCUT2D eigenvalue weighted by Crippen LogP contribution is -2.63. The highest BCUT2D eigenvalue weighted by molar-refractivity contribution is 5.86. The Bertz CT molecular complexity index is 1800. The van der Waals surface area contributed by atoms with Gasteiger partial charge in [-0.25, -0.2) is 14.1 Å². The summed E-state index contributed by atoms with van der Waals surface area (Å²) >= 11 is 0. The molecule has 0 spiro atoms. The molecular weight excluding hydrogens is 571 g/mol. The molecule has 4 aliphatic rings. The van der Waals surface area contributed by atoms with Gasteiger partial charge in [-0.3, -0.25) is 4.79 Å². The van der Waals surface area contributed by atoms with E-state index in [2.05, 4.69) is 28.4 Å². The molecule has 3 saturated carbocycles. The first kappa shape index (κ1) is 28.6. The third kappa shape index (κ3) is 4.19. The van der Waals surface area contributed by atoms with Gasteiger partial charge in [0.25, 0.3) is 5.91 Å². The lowest BCUT2D eigenvalue weighted by atomic mass is 9.45. The van der Waals surface area contributed by atoms with Crippen LogP contribution in [0.4, 0.5) is 4.39 Å². The number of benzene rings is 2. The summed E-state index contributed by atoms with van der Waals surface area (Å²) in [7, 11) is 0. The van der Waals surface area contributed by atoms with Gasteiger partial charge in [-0.05, 0) is 110 Å². The van der Waals surface area contributed by atoms with Crippen LogP contribution in [0, 0.1) is 34.4 Å². The molecule has 0 bridgehead atoms. The predicted molar refractivity (Wildman–Crippen MR) is 167 cm³/mol. The summed E-state index contributed by atoms with van der Waals surface area (Å²) in [5.41, 5.74) is 3.22. The number of aliphatic hydroxyl groups excluding tert-OH is 1. The lowest BCUT2D eigenvalue weighted by molar-refractivity contribution is -0.181. The SMILES string of the molecule is C[C@]12Cc3cnn(-c4ccc(F)cc4)c3C=C1CCC1C2C(O)C[C@@]2(C)C1CC[C@]2(O)C(=O)NCCc1nc2ccccc2o1. The number of carbonyl (C=O) groups excluding carboxylic acids is 1. The van der Waals surface area contributed by atoms with E-state index < -0.39 is 17.1 Å². The summed E-state index contributed by atoms with van der Waals surface area (Å²) in [4.78, 5) is 18.2. The van der Waals surface area contributed by atoms with Crippen LogP contribution in [0.1, 0.15) is 63.1 Å². The summed E-state index contributed by atoms with van der Waals surface area (Å²) in [5, 5.41) is 31.7. The number of halogens is 1. The minimum absolute atomic E-state index is 0.0162. The molecular formula is C36H39FN4O4. The van der Waals surface area contributed by atoms with Crippen LogP contribution in [-0.2, 0) is 17.6 Å². The Labute approximate surface area is 261 Å². The van der Waals surface area contributed by atoms with Crippen LogP contribution in [0.25, 0.3) is 22.9 Å². The van der Waals surface area contributed by atoms with Crippen molar-refractivity contribution in [3.63, 3.8) is 0 Å². The van der Waals surface area contributed by atoms with Crippen molar-refractivity contribution in [3.05, 3.63) is 83.3 Å². The van der Waals surface area contributed by atoms with Gasteiger partial charge in [0.05, 0.1) is 23.7 Å². The fourth-order valence-electron chi connectivity index (χ4n) is 9.81. The van der Waals surface area contributed by atoms with Gasteiger partial charge >= 0.3 is 0 Å². The van der Waals surface area contributed by atoms with E-state index in [0.717, 1.165) is 48.1 Å². The number of allylic oxidation sites excluding steroid dienone is 1. The molecule has 4 aliphatic carbocycles. The molecule has 1 amide bonds. The second-order valence-electron chi connectivity index (χ2n) is 14.2. The average Bonchev–Trinajstić information content (AvgIpc) is 3.69. The first-order chi connectivity index (χ1) is 21.6. The second kappa shape index (κ2) is 10.1. The number of aromatic nitrogens is 3. The van der Waals surface area contributed by atoms with Gasteiger partial charge < -0.3 is 19.9 Å². The minimum atomic E-state index is -1.56. The third-order valence-corrected chi connectivity index (χ3v) is 12.0. The number of hydrogen-bond donors (Lipinski definition) is 3. The van der Waals surface area contributed by atoms with Crippen molar-refractivity contribution in [1.29, 1.82) is 0 Å². The number of nitrogens with zero attached hydrogens (tertiary/aromatic N) is 3. The first-order valence-corrected chi connectivity index (χ1v) is 16.2. The van der Waals surface area contributed by atoms with Crippen molar-refractivity contribution in [2.24, 2.45) is 28.6 Å². The molecule has 9 heteroatoms. The quantitative estimate of drug-likeness (QED) is 0.279. The summed E-state index contributed by atoms with van der Waals surface area (Å²) in [6.07, 6.45) is 7.97. The Hall–Kier alpha value is -3.82. The van der Waals surface area contributed by atoms with Gasteiger partial charge in [0, 0.05) is 18.4 Å². The van der Waals surface area contributed by atoms with Gasteiger partial charge in [0.15, 0.2) is 11.5 Å². The third-order valence-electron chi connectivity index (χ3n) is 12.0. The number of aliphatic hydroxyl groups is 2. The van der Waals surface area contributed by atoms with E-state index in [1.54, 1.807) is 12.1 Å². The number of oxazole rings is 1. The van der Waals surface area contributed by atoms with Gasteiger partial charge in [0.2, 0.25) is 0 Å². The Balaban J connectivity index is 1.01. The standard InChI is InChI=1S/C36H39FN4O4/c1-34-18-21-20-39-41(24-10-8-23(37)9-11-24)28(21)17-22(34)7-12-25-26-13-15-36(44,35(26,2)19-29(42)32(25)34)33(43)38-16-14-31-40-27-5-3-4-6-30(27)45-31/h3-6,8-11,17,20,25-26,29,32,42,44H,7,12-16,18-19H2,1-2H3,(H,38,43)/t25?,26?,29?,32?,34-,35-,36-/m0/s1. The molecule has 0 radical (unpaired) electrons. The van der Waals surface area contributed by atoms with Crippen molar-refractivity contribution in [1.82, 2.24) is 20.1 Å². The molecule has 4 aromatic rings. The van der Waals surface area contributed by atoms with E-state index >= 15 is 0 Å². The molecule has 2 heterocycles. The number of para-hydroxylation sites is 2. The zero-order valence-corrected chi connectivity index (χ0v) is 25.7. The van der Waals surface area contributed by atoms with E-state index in [0.29, 0.717) is 37.3 Å². The van der Waals surface area contributed by atoms with Gasteiger partial charge in [-0.15, -0.1) is 0 Å². The molecule has 0 saturated heterocycles. The highest BCUT2D eigenvalue weighted by Gasteiger charge is 2.68. The Morgan fingerprint density at radius 3 is 2.76 bits per heavy atom. The van der Waals surface area contributed by atoms with Crippen molar-refractivity contribution in [2.45, 2.75) is 70.5 Å². The maximum atomic E-state index is 13.7. The van der Waals surface area contributed by atoms with Gasteiger partial charge in [0.1, 0.15) is 16.9 Å². The molecule has 4 unspecified atom stereocenters. The highest BCUT2D eigenvalue weighted by Crippen LogP contribution is 2.67. The van der Waals surface area contributed by atoms with Gasteiger partial charge in [-0.2, -0.15) is 5.10 Å².